The van der Waals surface area contributed by atoms with E-state index in [9.17, 15) is 10.1 Å². The summed E-state index contributed by atoms with van der Waals surface area (Å²) in [5.74, 6) is 1.15. The van der Waals surface area contributed by atoms with Crippen LogP contribution in [0.2, 0.25) is 0 Å². The minimum atomic E-state index is -0.384. The highest BCUT2D eigenvalue weighted by Crippen LogP contribution is 2.28. The minimum Gasteiger partial charge on any atom is -0.481 e. The van der Waals surface area contributed by atoms with Crippen molar-refractivity contribution in [3.63, 3.8) is 0 Å². The number of ether oxygens (including phenoxy) is 2. The lowest BCUT2D eigenvalue weighted by Crippen LogP contribution is -2.10. The highest BCUT2D eigenvalue weighted by Gasteiger charge is 2.21. The van der Waals surface area contributed by atoms with Crippen molar-refractivity contribution in [2.24, 2.45) is 0 Å². The third-order valence-corrected chi connectivity index (χ3v) is 5.35. The summed E-state index contributed by atoms with van der Waals surface area (Å²) in [6.07, 6.45) is 3.40. The summed E-state index contributed by atoms with van der Waals surface area (Å²) in [6, 6.07) is 7.68. The quantitative estimate of drug-likeness (QED) is 0.339. The smallest absolute Gasteiger partial charge is 0.341 e. The summed E-state index contributed by atoms with van der Waals surface area (Å²) in [5.41, 5.74) is 5.66. The van der Waals surface area contributed by atoms with Gasteiger partial charge >= 0.3 is 5.97 Å². The molecule has 0 spiro atoms. The number of pyridine rings is 1. The molecular formula is C24H24N6O3. The predicted molar refractivity (Wildman–Crippen MR) is 124 cm³/mol. The van der Waals surface area contributed by atoms with Crippen molar-refractivity contribution in [2.45, 2.75) is 27.7 Å². The zero-order valence-electron chi connectivity index (χ0n) is 19.1. The lowest BCUT2D eigenvalue weighted by molar-refractivity contribution is 0.0526. The molecular weight excluding hydrogens is 420 g/mol. The number of nitrogens with zero attached hydrogens (tertiary/aromatic N) is 4. The second kappa shape index (κ2) is 8.67. The number of H-pyrrole nitrogens is 2. The van der Waals surface area contributed by atoms with E-state index in [4.69, 9.17) is 9.47 Å². The Morgan fingerprint density at radius 2 is 2.03 bits per heavy atom. The molecule has 9 nitrogen and oxygen atoms in total. The van der Waals surface area contributed by atoms with Crippen LogP contribution >= 0.6 is 0 Å². The number of aryl methyl sites for hydroxylation is 2. The molecule has 33 heavy (non-hydrogen) atoms. The molecule has 9 heteroatoms. The van der Waals surface area contributed by atoms with E-state index in [1.165, 1.54) is 7.11 Å². The molecule has 0 aliphatic heterocycles. The van der Waals surface area contributed by atoms with Gasteiger partial charge in [0.15, 0.2) is 0 Å². The van der Waals surface area contributed by atoms with Crippen molar-refractivity contribution in [3.05, 3.63) is 58.4 Å². The normalized spacial score (nSPS) is 11.6. The fourth-order valence-corrected chi connectivity index (χ4v) is 3.83. The number of allylic oxidation sites excluding steroid dienone is 1. The molecule has 0 saturated carbocycles. The number of carbonyl (C=O) groups excluding carboxylic acids is 1. The molecule has 0 atom stereocenters. The van der Waals surface area contributed by atoms with Gasteiger partial charge in [-0.3, -0.25) is 0 Å². The second-order valence-electron chi connectivity index (χ2n) is 7.60. The first-order valence-corrected chi connectivity index (χ1v) is 10.4. The SMILES string of the molecule is CCOC(=O)c1cc(C)[nH]c1-n1c(C)cc(/C=C(\C#N)c2nc3cc(OC)ncc3[nH]2)c1C. The van der Waals surface area contributed by atoms with Crippen LogP contribution in [0.25, 0.3) is 28.5 Å². The first kappa shape index (κ1) is 21.9. The molecule has 0 amide bonds. The zero-order chi connectivity index (χ0) is 23.7. The van der Waals surface area contributed by atoms with Gasteiger partial charge in [-0.05, 0) is 51.5 Å². The number of aromatic nitrogens is 5. The number of esters is 1. The van der Waals surface area contributed by atoms with E-state index in [2.05, 4.69) is 26.0 Å². The van der Waals surface area contributed by atoms with Crippen LogP contribution in [0.3, 0.4) is 0 Å². The van der Waals surface area contributed by atoms with E-state index in [-0.39, 0.29) is 5.97 Å². The molecule has 0 bridgehead atoms. The Balaban J connectivity index is 1.78. The average Bonchev–Trinajstić information content (AvgIpc) is 3.46. The average molecular weight is 444 g/mol. The van der Waals surface area contributed by atoms with Crippen LogP contribution in [-0.2, 0) is 4.74 Å². The Hall–Kier alpha value is -4.32. The van der Waals surface area contributed by atoms with Crippen LogP contribution < -0.4 is 4.74 Å². The maximum atomic E-state index is 12.5. The van der Waals surface area contributed by atoms with Crippen molar-refractivity contribution < 1.29 is 14.3 Å². The van der Waals surface area contributed by atoms with Crippen molar-refractivity contribution >= 4 is 28.7 Å². The Morgan fingerprint density at radius 3 is 2.73 bits per heavy atom. The lowest BCUT2D eigenvalue weighted by Gasteiger charge is -2.10. The van der Waals surface area contributed by atoms with Gasteiger partial charge in [0.2, 0.25) is 5.88 Å². The number of rotatable bonds is 6. The molecule has 4 aromatic rings. The van der Waals surface area contributed by atoms with Crippen molar-refractivity contribution in [3.8, 4) is 17.8 Å². The van der Waals surface area contributed by atoms with Gasteiger partial charge < -0.3 is 24.0 Å². The topological polar surface area (TPSA) is 122 Å². The van der Waals surface area contributed by atoms with Crippen LogP contribution in [0.1, 0.15) is 45.8 Å². The number of methoxy groups -OCH3 is 1. The Kier molecular flexibility index (Phi) is 5.75. The van der Waals surface area contributed by atoms with Gasteiger partial charge in [-0.2, -0.15) is 5.26 Å². The van der Waals surface area contributed by atoms with E-state index in [0.29, 0.717) is 46.3 Å². The fraction of sp³-hybridized carbons (Fsp3) is 0.250. The fourth-order valence-electron chi connectivity index (χ4n) is 3.83. The van der Waals surface area contributed by atoms with Crippen LogP contribution in [-0.4, -0.2) is 44.2 Å². The van der Waals surface area contributed by atoms with Gasteiger partial charge in [0.1, 0.15) is 23.3 Å². The maximum Gasteiger partial charge on any atom is 0.341 e. The summed E-state index contributed by atoms with van der Waals surface area (Å²) in [6.45, 7) is 7.84. The molecule has 4 rings (SSSR count). The van der Waals surface area contributed by atoms with Crippen molar-refractivity contribution in [2.75, 3.05) is 13.7 Å². The third kappa shape index (κ3) is 3.99. The first-order valence-electron chi connectivity index (χ1n) is 10.4. The number of fused-ring (bicyclic) bond motifs is 1. The summed E-state index contributed by atoms with van der Waals surface area (Å²) in [5, 5.41) is 9.84. The van der Waals surface area contributed by atoms with Gasteiger partial charge in [0, 0.05) is 23.1 Å². The third-order valence-electron chi connectivity index (χ3n) is 5.35. The van der Waals surface area contributed by atoms with E-state index < -0.39 is 0 Å². The minimum absolute atomic E-state index is 0.296. The molecule has 4 aromatic heterocycles. The van der Waals surface area contributed by atoms with Crippen LogP contribution in [0.4, 0.5) is 0 Å². The lowest BCUT2D eigenvalue weighted by atomic mass is 10.1. The Labute approximate surface area is 190 Å². The van der Waals surface area contributed by atoms with Crippen molar-refractivity contribution in [1.29, 1.82) is 5.26 Å². The monoisotopic (exact) mass is 444 g/mol. The summed E-state index contributed by atoms with van der Waals surface area (Å²) in [7, 11) is 1.54. The highest BCUT2D eigenvalue weighted by atomic mass is 16.5. The van der Waals surface area contributed by atoms with Gasteiger partial charge in [0.05, 0.1) is 36.5 Å². The van der Waals surface area contributed by atoms with E-state index in [0.717, 1.165) is 22.6 Å². The Bertz CT molecular complexity index is 1430. The summed E-state index contributed by atoms with van der Waals surface area (Å²) >= 11 is 0. The van der Waals surface area contributed by atoms with Gasteiger partial charge in [-0.1, -0.05) is 0 Å². The van der Waals surface area contributed by atoms with Gasteiger partial charge in [-0.15, -0.1) is 0 Å². The molecule has 0 radical (unpaired) electrons. The molecule has 0 fully saturated rings. The van der Waals surface area contributed by atoms with Crippen molar-refractivity contribution in [1.82, 2.24) is 24.5 Å². The first-order chi connectivity index (χ1) is 15.9. The van der Waals surface area contributed by atoms with E-state index >= 15 is 0 Å². The number of nitriles is 1. The van der Waals surface area contributed by atoms with Crippen LogP contribution in [0.5, 0.6) is 5.88 Å². The number of carbonyl (C=O) groups is 1. The molecule has 0 aromatic carbocycles. The number of aromatic amines is 2. The highest BCUT2D eigenvalue weighted by molar-refractivity contribution is 5.94. The second-order valence-corrected chi connectivity index (χ2v) is 7.60. The maximum absolute atomic E-state index is 12.5. The Morgan fingerprint density at radius 1 is 1.24 bits per heavy atom. The number of imidazole rings is 1. The molecule has 0 aliphatic carbocycles. The van der Waals surface area contributed by atoms with E-state index in [1.807, 2.05) is 31.4 Å². The van der Waals surface area contributed by atoms with Crippen LogP contribution in [0.15, 0.2) is 24.4 Å². The molecule has 2 N–H and O–H groups in total. The number of hydrogen-bond donors (Lipinski definition) is 2. The predicted octanol–water partition coefficient (Wildman–Crippen LogP) is 4.25. The van der Waals surface area contributed by atoms with Gasteiger partial charge in [-0.25, -0.2) is 14.8 Å². The summed E-state index contributed by atoms with van der Waals surface area (Å²) < 4.78 is 12.3. The largest absolute Gasteiger partial charge is 0.481 e. The zero-order valence-corrected chi connectivity index (χ0v) is 19.1. The van der Waals surface area contributed by atoms with Crippen LogP contribution in [0, 0.1) is 32.1 Å². The molecule has 0 saturated heterocycles. The standard InChI is InChI=1S/C24H24N6O3/c1-6-33-24(31)18-7-13(2)27-23(18)30-14(3)8-16(15(30)4)9-17(11-25)22-28-19-10-21(32-5)26-12-20(19)29-22/h7-10,12,27H,6H2,1-5H3,(H,28,29)/b17-9+. The van der Waals surface area contributed by atoms with Gasteiger partial charge in [0.25, 0.3) is 0 Å². The number of hydrogen-bond acceptors (Lipinski definition) is 6. The molecule has 4 heterocycles. The van der Waals surface area contributed by atoms with E-state index in [1.54, 1.807) is 31.3 Å². The molecule has 0 unspecified atom stereocenters. The molecule has 168 valence electrons. The number of nitrogens with one attached hydrogen (secondary N) is 2. The summed E-state index contributed by atoms with van der Waals surface area (Å²) in [4.78, 5) is 27.6. The molecule has 0 aliphatic rings.